The van der Waals surface area contributed by atoms with E-state index in [1.165, 1.54) is 51.1 Å². The summed E-state index contributed by atoms with van der Waals surface area (Å²) in [6.07, 6.45) is 7.93. The number of hydrogen-bond acceptors (Lipinski definition) is 2. The molecule has 0 aromatic heterocycles. The number of halogens is 1. The Morgan fingerprint density at radius 1 is 1.15 bits per heavy atom. The predicted molar refractivity (Wildman–Crippen MR) is 80.0 cm³/mol. The van der Waals surface area contributed by atoms with Gasteiger partial charge in [-0.3, -0.25) is 0 Å². The Labute approximate surface area is 121 Å². The van der Waals surface area contributed by atoms with Crippen molar-refractivity contribution in [1.29, 1.82) is 0 Å². The first-order valence-corrected chi connectivity index (χ1v) is 8.04. The Morgan fingerprint density at radius 2 is 2.10 bits per heavy atom. The summed E-state index contributed by atoms with van der Waals surface area (Å²) in [7, 11) is 0. The maximum absolute atomic E-state index is 13.2. The Hall–Kier alpha value is -0.930. The molecule has 2 fully saturated rings. The van der Waals surface area contributed by atoms with Crippen LogP contribution in [-0.2, 0) is 6.54 Å². The molecule has 3 atom stereocenters. The summed E-state index contributed by atoms with van der Waals surface area (Å²) in [6.45, 7) is 1.96. The van der Waals surface area contributed by atoms with Crippen molar-refractivity contribution in [1.82, 2.24) is 10.6 Å². The Morgan fingerprint density at radius 3 is 2.90 bits per heavy atom. The molecule has 1 heterocycles. The Kier molecular flexibility index (Phi) is 4.69. The van der Waals surface area contributed by atoms with Crippen molar-refractivity contribution in [2.75, 3.05) is 6.54 Å². The van der Waals surface area contributed by atoms with Crippen molar-refractivity contribution in [2.24, 2.45) is 5.92 Å². The first kappa shape index (κ1) is 14.0. The van der Waals surface area contributed by atoms with Crippen LogP contribution in [0.1, 0.15) is 44.1 Å². The monoisotopic (exact) mass is 276 g/mol. The summed E-state index contributed by atoms with van der Waals surface area (Å²) in [5.41, 5.74) is 1.05. The smallest absolute Gasteiger partial charge is 0.123 e. The molecule has 3 heteroatoms. The highest BCUT2D eigenvalue weighted by Crippen LogP contribution is 2.31. The van der Waals surface area contributed by atoms with Gasteiger partial charge in [-0.1, -0.05) is 25.0 Å². The van der Waals surface area contributed by atoms with Gasteiger partial charge >= 0.3 is 0 Å². The van der Waals surface area contributed by atoms with Gasteiger partial charge in [0.1, 0.15) is 5.82 Å². The topological polar surface area (TPSA) is 24.1 Å². The largest absolute Gasteiger partial charge is 0.314 e. The standard InChI is InChI=1S/C17H25FN2/c18-14-6-3-5-13(11-14)12-20-17-9-4-7-15(17)16-8-1-2-10-19-16/h3,5-6,11,15-17,19-20H,1-2,4,7-10,12H2. The molecule has 1 aromatic carbocycles. The molecule has 0 bridgehead atoms. The maximum atomic E-state index is 13.2. The molecular formula is C17H25FN2. The molecule has 0 spiro atoms. The highest BCUT2D eigenvalue weighted by atomic mass is 19.1. The van der Waals surface area contributed by atoms with Crippen LogP contribution in [0.4, 0.5) is 4.39 Å². The van der Waals surface area contributed by atoms with Crippen molar-refractivity contribution in [3.05, 3.63) is 35.6 Å². The van der Waals surface area contributed by atoms with E-state index in [2.05, 4.69) is 10.6 Å². The van der Waals surface area contributed by atoms with E-state index in [-0.39, 0.29) is 5.82 Å². The van der Waals surface area contributed by atoms with Gasteiger partial charge in [0.25, 0.3) is 0 Å². The molecule has 1 saturated heterocycles. The zero-order chi connectivity index (χ0) is 13.8. The zero-order valence-electron chi connectivity index (χ0n) is 12.1. The second-order valence-corrected chi connectivity index (χ2v) is 6.27. The van der Waals surface area contributed by atoms with Crippen LogP contribution in [0.3, 0.4) is 0 Å². The van der Waals surface area contributed by atoms with Crippen molar-refractivity contribution in [3.8, 4) is 0 Å². The number of benzene rings is 1. The van der Waals surface area contributed by atoms with E-state index in [9.17, 15) is 4.39 Å². The normalized spacial score (nSPS) is 30.6. The minimum absolute atomic E-state index is 0.138. The minimum atomic E-state index is -0.138. The van der Waals surface area contributed by atoms with E-state index in [1.54, 1.807) is 12.1 Å². The molecule has 1 saturated carbocycles. The van der Waals surface area contributed by atoms with Gasteiger partial charge in [0.15, 0.2) is 0 Å². The van der Waals surface area contributed by atoms with E-state index < -0.39 is 0 Å². The average Bonchev–Trinajstić information content (AvgIpc) is 2.95. The molecule has 0 radical (unpaired) electrons. The summed E-state index contributed by atoms with van der Waals surface area (Å²) in [4.78, 5) is 0. The van der Waals surface area contributed by atoms with Gasteiger partial charge < -0.3 is 10.6 Å². The van der Waals surface area contributed by atoms with Crippen LogP contribution in [0.25, 0.3) is 0 Å². The van der Waals surface area contributed by atoms with Crippen molar-refractivity contribution in [2.45, 2.75) is 57.2 Å². The molecule has 110 valence electrons. The second-order valence-electron chi connectivity index (χ2n) is 6.27. The SMILES string of the molecule is Fc1cccc(CNC2CCCC2C2CCCCN2)c1. The van der Waals surface area contributed by atoms with Crippen molar-refractivity contribution in [3.63, 3.8) is 0 Å². The number of hydrogen-bond donors (Lipinski definition) is 2. The summed E-state index contributed by atoms with van der Waals surface area (Å²) >= 11 is 0. The van der Waals surface area contributed by atoms with Crippen LogP contribution in [0, 0.1) is 11.7 Å². The number of rotatable bonds is 4. The van der Waals surface area contributed by atoms with Crippen LogP contribution in [0.2, 0.25) is 0 Å². The highest BCUT2D eigenvalue weighted by Gasteiger charge is 2.33. The van der Waals surface area contributed by atoms with Gasteiger partial charge in [-0.2, -0.15) is 0 Å². The van der Waals surface area contributed by atoms with Crippen molar-refractivity contribution < 1.29 is 4.39 Å². The Bertz CT molecular complexity index is 429. The van der Waals surface area contributed by atoms with Gasteiger partial charge in [-0.05, 0) is 55.8 Å². The fourth-order valence-electron chi connectivity index (χ4n) is 3.86. The molecule has 20 heavy (non-hydrogen) atoms. The van der Waals surface area contributed by atoms with Gasteiger partial charge in [0, 0.05) is 18.6 Å². The van der Waals surface area contributed by atoms with E-state index >= 15 is 0 Å². The molecule has 0 amide bonds. The molecule has 2 aliphatic rings. The minimum Gasteiger partial charge on any atom is -0.314 e. The van der Waals surface area contributed by atoms with Crippen LogP contribution in [0.5, 0.6) is 0 Å². The lowest BCUT2D eigenvalue weighted by Crippen LogP contribution is -2.46. The first-order valence-electron chi connectivity index (χ1n) is 8.04. The molecule has 2 N–H and O–H groups in total. The van der Waals surface area contributed by atoms with E-state index in [0.29, 0.717) is 12.1 Å². The van der Waals surface area contributed by atoms with E-state index in [1.807, 2.05) is 6.07 Å². The van der Waals surface area contributed by atoms with Crippen LogP contribution >= 0.6 is 0 Å². The first-order chi connectivity index (χ1) is 9.83. The van der Waals surface area contributed by atoms with E-state index in [0.717, 1.165) is 18.0 Å². The van der Waals surface area contributed by atoms with Gasteiger partial charge in [-0.25, -0.2) is 4.39 Å². The van der Waals surface area contributed by atoms with Crippen LogP contribution in [-0.4, -0.2) is 18.6 Å². The Balaban J connectivity index is 1.55. The third-order valence-electron chi connectivity index (χ3n) is 4.89. The van der Waals surface area contributed by atoms with Gasteiger partial charge in [0.05, 0.1) is 0 Å². The third kappa shape index (κ3) is 3.39. The van der Waals surface area contributed by atoms with E-state index in [4.69, 9.17) is 0 Å². The summed E-state index contributed by atoms with van der Waals surface area (Å²) in [5, 5.41) is 7.36. The number of nitrogens with one attached hydrogen (secondary N) is 2. The third-order valence-corrected chi connectivity index (χ3v) is 4.89. The predicted octanol–water partition coefficient (Wildman–Crippen LogP) is 3.23. The fraction of sp³-hybridized carbons (Fsp3) is 0.647. The second kappa shape index (κ2) is 6.68. The lowest BCUT2D eigenvalue weighted by atomic mass is 9.88. The maximum Gasteiger partial charge on any atom is 0.123 e. The summed E-state index contributed by atoms with van der Waals surface area (Å²) in [6, 6.07) is 8.22. The quantitative estimate of drug-likeness (QED) is 0.882. The average molecular weight is 276 g/mol. The van der Waals surface area contributed by atoms with Crippen LogP contribution in [0.15, 0.2) is 24.3 Å². The summed E-state index contributed by atoms with van der Waals surface area (Å²) < 4.78 is 13.2. The lowest BCUT2D eigenvalue weighted by molar-refractivity contribution is 0.257. The lowest BCUT2D eigenvalue weighted by Gasteiger charge is -2.33. The number of piperidine rings is 1. The fourth-order valence-corrected chi connectivity index (χ4v) is 3.86. The van der Waals surface area contributed by atoms with Gasteiger partial charge in [-0.15, -0.1) is 0 Å². The highest BCUT2D eigenvalue weighted by molar-refractivity contribution is 5.16. The molecule has 3 unspecified atom stereocenters. The zero-order valence-corrected chi connectivity index (χ0v) is 12.1. The molecule has 2 nitrogen and oxygen atoms in total. The van der Waals surface area contributed by atoms with Crippen LogP contribution < -0.4 is 10.6 Å². The van der Waals surface area contributed by atoms with Crippen molar-refractivity contribution >= 4 is 0 Å². The molecule has 1 aromatic rings. The molecule has 3 rings (SSSR count). The summed E-state index contributed by atoms with van der Waals surface area (Å²) in [5.74, 6) is 0.616. The molecule has 1 aliphatic carbocycles. The van der Waals surface area contributed by atoms with Gasteiger partial charge in [0.2, 0.25) is 0 Å². The molecule has 1 aliphatic heterocycles. The molecular weight excluding hydrogens is 251 g/mol.